The number of hydrogen-bond donors (Lipinski definition) is 1. The lowest BCUT2D eigenvalue weighted by molar-refractivity contribution is 0.473. The molecule has 0 spiro atoms. The quantitative estimate of drug-likeness (QED) is 0.903. The first kappa shape index (κ1) is 12.9. The van der Waals surface area contributed by atoms with Gasteiger partial charge in [-0.15, -0.1) is 0 Å². The molecular formula is C13H16ClN3O. The third-order valence-electron chi connectivity index (χ3n) is 2.59. The lowest BCUT2D eigenvalue weighted by Gasteiger charge is -2.10. The van der Waals surface area contributed by atoms with Crippen LogP contribution in [0.4, 0.5) is 0 Å². The first-order valence-corrected chi connectivity index (χ1v) is 6.24. The molecule has 0 amide bonds. The number of nitrogens with zero attached hydrogens (tertiary/aromatic N) is 2. The fraction of sp³-hybridized carbons (Fsp3) is 0.308. The Labute approximate surface area is 112 Å². The standard InChI is InChI=1S/C13H16ClN3O/c1-3-17-9-10(7-16-17)18-13-6-4-5-12(14)11(13)8-15-2/h4-7,9,15H,3,8H2,1-2H3. The van der Waals surface area contributed by atoms with E-state index in [1.165, 1.54) is 0 Å². The second kappa shape index (κ2) is 5.89. The molecule has 96 valence electrons. The van der Waals surface area contributed by atoms with Crippen molar-refractivity contribution in [3.8, 4) is 11.5 Å². The second-order valence-electron chi connectivity index (χ2n) is 3.88. The van der Waals surface area contributed by atoms with E-state index >= 15 is 0 Å². The summed E-state index contributed by atoms with van der Waals surface area (Å²) in [5.41, 5.74) is 0.950. The van der Waals surface area contributed by atoms with Crippen molar-refractivity contribution >= 4 is 11.6 Å². The molecule has 1 aromatic heterocycles. The monoisotopic (exact) mass is 265 g/mol. The summed E-state index contributed by atoms with van der Waals surface area (Å²) in [6.07, 6.45) is 3.57. The van der Waals surface area contributed by atoms with E-state index in [0.29, 0.717) is 11.6 Å². The van der Waals surface area contributed by atoms with Crippen LogP contribution in [-0.4, -0.2) is 16.8 Å². The lowest BCUT2D eigenvalue weighted by atomic mass is 10.2. The Bertz CT molecular complexity index is 525. The van der Waals surface area contributed by atoms with E-state index in [1.807, 2.05) is 43.0 Å². The van der Waals surface area contributed by atoms with Crippen LogP contribution in [0, 0.1) is 0 Å². The summed E-state index contributed by atoms with van der Waals surface area (Å²) < 4.78 is 7.63. The summed E-state index contributed by atoms with van der Waals surface area (Å²) in [5, 5.41) is 7.95. The van der Waals surface area contributed by atoms with Crippen molar-refractivity contribution in [2.75, 3.05) is 7.05 Å². The average molecular weight is 266 g/mol. The third kappa shape index (κ3) is 2.83. The molecule has 1 N–H and O–H groups in total. The molecular weight excluding hydrogens is 250 g/mol. The largest absolute Gasteiger partial charge is 0.454 e. The van der Waals surface area contributed by atoms with E-state index in [4.69, 9.17) is 16.3 Å². The zero-order valence-corrected chi connectivity index (χ0v) is 11.2. The highest BCUT2D eigenvalue weighted by Gasteiger charge is 2.09. The number of rotatable bonds is 5. The highest BCUT2D eigenvalue weighted by Crippen LogP contribution is 2.30. The smallest absolute Gasteiger partial charge is 0.165 e. The molecule has 0 saturated heterocycles. The van der Waals surface area contributed by atoms with Gasteiger partial charge in [0.2, 0.25) is 0 Å². The maximum Gasteiger partial charge on any atom is 0.165 e. The van der Waals surface area contributed by atoms with E-state index in [9.17, 15) is 0 Å². The lowest BCUT2D eigenvalue weighted by Crippen LogP contribution is -2.07. The van der Waals surface area contributed by atoms with Crippen molar-refractivity contribution < 1.29 is 4.74 Å². The van der Waals surface area contributed by atoms with Gasteiger partial charge in [-0.25, -0.2) is 0 Å². The van der Waals surface area contributed by atoms with Crippen LogP contribution in [-0.2, 0) is 13.1 Å². The van der Waals surface area contributed by atoms with Crippen LogP contribution < -0.4 is 10.1 Å². The Morgan fingerprint density at radius 3 is 2.94 bits per heavy atom. The van der Waals surface area contributed by atoms with Gasteiger partial charge in [-0.2, -0.15) is 5.10 Å². The van der Waals surface area contributed by atoms with E-state index in [2.05, 4.69) is 10.4 Å². The molecule has 1 heterocycles. The van der Waals surface area contributed by atoms with Gasteiger partial charge >= 0.3 is 0 Å². The number of halogens is 1. The highest BCUT2D eigenvalue weighted by atomic mass is 35.5. The minimum absolute atomic E-state index is 0.664. The van der Waals surface area contributed by atoms with Gasteiger partial charge in [0, 0.05) is 23.7 Å². The maximum atomic E-state index is 6.17. The summed E-state index contributed by atoms with van der Waals surface area (Å²) in [6.45, 7) is 3.52. The Morgan fingerprint density at radius 1 is 1.44 bits per heavy atom. The summed E-state index contributed by atoms with van der Waals surface area (Å²) in [6, 6.07) is 5.64. The van der Waals surface area contributed by atoms with Gasteiger partial charge in [-0.1, -0.05) is 17.7 Å². The number of aryl methyl sites for hydroxylation is 1. The summed E-state index contributed by atoms with van der Waals surface area (Å²) in [4.78, 5) is 0. The number of hydrogen-bond acceptors (Lipinski definition) is 3. The second-order valence-corrected chi connectivity index (χ2v) is 4.29. The van der Waals surface area contributed by atoms with Gasteiger partial charge in [0.05, 0.1) is 12.4 Å². The minimum atomic E-state index is 0.664. The van der Waals surface area contributed by atoms with E-state index < -0.39 is 0 Å². The zero-order chi connectivity index (χ0) is 13.0. The third-order valence-corrected chi connectivity index (χ3v) is 2.94. The Balaban J connectivity index is 2.25. The van der Waals surface area contributed by atoms with Crippen LogP contribution in [0.2, 0.25) is 5.02 Å². The topological polar surface area (TPSA) is 39.1 Å². The maximum absolute atomic E-state index is 6.17. The average Bonchev–Trinajstić information content (AvgIpc) is 2.81. The van der Waals surface area contributed by atoms with Crippen LogP contribution in [0.3, 0.4) is 0 Å². The summed E-state index contributed by atoms with van der Waals surface area (Å²) >= 11 is 6.17. The number of nitrogens with one attached hydrogen (secondary N) is 1. The zero-order valence-electron chi connectivity index (χ0n) is 10.5. The molecule has 0 aliphatic rings. The molecule has 5 heteroatoms. The Hall–Kier alpha value is -1.52. The van der Waals surface area contributed by atoms with Crippen LogP contribution in [0.1, 0.15) is 12.5 Å². The fourth-order valence-corrected chi connectivity index (χ4v) is 1.91. The molecule has 2 aromatic rings. The molecule has 0 bridgehead atoms. The molecule has 0 unspecified atom stereocenters. The summed E-state index contributed by atoms with van der Waals surface area (Å²) in [7, 11) is 1.88. The van der Waals surface area contributed by atoms with Gasteiger partial charge in [0.1, 0.15) is 5.75 Å². The molecule has 1 aromatic carbocycles. The first-order valence-electron chi connectivity index (χ1n) is 5.87. The molecule has 0 radical (unpaired) electrons. The van der Waals surface area contributed by atoms with Crippen LogP contribution in [0.5, 0.6) is 11.5 Å². The van der Waals surface area contributed by atoms with E-state index in [1.54, 1.807) is 6.20 Å². The predicted octanol–water partition coefficient (Wildman–Crippen LogP) is 3.07. The van der Waals surface area contributed by atoms with Gasteiger partial charge in [0.25, 0.3) is 0 Å². The van der Waals surface area contributed by atoms with Crippen molar-refractivity contribution in [3.63, 3.8) is 0 Å². The number of benzene rings is 1. The van der Waals surface area contributed by atoms with Crippen molar-refractivity contribution in [2.45, 2.75) is 20.0 Å². The van der Waals surface area contributed by atoms with Crippen molar-refractivity contribution in [2.24, 2.45) is 0 Å². The first-order chi connectivity index (χ1) is 8.74. The SMILES string of the molecule is CCn1cc(Oc2cccc(Cl)c2CNC)cn1. The van der Waals surface area contributed by atoms with Gasteiger partial charge in [0.15, 0.2) is 5.75 Å². The van der Waals surface area contributed by atoms with Crippen molar-refractivity contribution in [1.82, 2.24) is 15.1 Å². The molecule has 0 atom stereocenters. The van der Waals surface area contributed by atoms with Crippen molar-refractivity contribution in [1.29, 1.82) is 0 Å². The fourth-order valence-electron chi connectivity index (χ4n) is 1.68. The molecule has 0 aliphatic heterocycles. The van der Waals surface area contributed by atoms with Gasteiger partial charge in [-0.05, 0) is 26.1 Å². The molecule has 0 aliphatic carbocycles. The normalized spacial score (nSPS) is 10.6. The summed E-state index contributed by atoms with van der Waals surface area (Å²) in [5.74, 6) is 1.48. The Kier molecular flexibility index (Phi) is 4.23. The van der Waals surface area contributed by atoms with Crippen molar-refractivity contribution in [3.05, 3.63) is 41.2 Å². The van der Waals surface area contributed by atoms with E-state index in [-0.39, 0.29) is 0 Å². The Morgan fingerprint density at radius 2 is 2.28 bits per heavy atom. The number of ether oxygens (including phenoxy) is 1. The van der Waals surface area contributed by atoms with Crippen LogP contribution in [0.25, 0.3) is 0 Å². The molecule has 4 nitrogen and oxygen atoms in total. The van der Waals surface area contributed by atoms with Crippen LogP contribution in [0.15, 0.2) is 30.6 Å². The minimum Gasteiger partial charge on any atom is -0.454 e. The van der Waals surface area contributed by atoms with Gasteiger partial charge < -0.3 is 10.1 Å². The van der Waals surface area contributed by atoms with Gasteiger partial charge in [-0.3, -0.25) is 4.68 Å². The molecule has 0 fully saturated rings. The predicted molar refractivity (Wildman–Crippen MR) is 72.2 cm³/mol. The molecule has 18 heavy (non-hydrogen) atoms. The highest BCUT2D eigenvalue weighted by molar-refractivity contribution is 6.31. The number of aromatic nitrogens is 2. The molecule has 2 rings (SSSR count). The molecule has 0 saturated carbocycles. The van der Waals surface area contributed by atoms with Crippen LogP contribution >= 0.6 is 11.6 Å². The van der Waals surface area contributed by atoms with E-state index in [0.717, 1.165) is 23.6 Å².